The molecule has 0 amide bonds. The van der Waals surface area contributed by atoms with E-state index >= 15 is 0 Å². The minimum atomic E-state index is 0.221. The van der Waals surface area contributed by atoms with Crippen molar-refractivity contribution in [2.45, 2.75) is 33.3 Å². The minimum Gasteiger partial charge on any atom is -0.504 e. The Morgan fingerprint density at radius 1 is 1.32 bits per heavy atom. The fraction of sp³-hybridized carbons (Fsp3) is 0.375. The number of hydrogen-bond acceptors (Lipinski definition) is 3. The number of phenolic OH excluding ortho intramolecular Hbond substituents is 1. The van der Waals surface area contributed by atoms with Gasteiger partial charge in [-0.1, -0.05) is 19.9 Å². The largest absolute Gasteiger partial charge is 0.504 e. The summed E-state index contributed by atoms with van der Waals surface area (Å²) in [4.78, 5) is 0. The van der Waals surface area contributed by atoms with E-state index in [1.54, 1.807) is 7.11 Å². The first-order chi connectivity index (χ1) is 9.04. The van der Waals surface area contributed by atoms with E-state index in [1.807, 2.05) is 13.0 Å². The zero-order chi connectivity index (χ0) is 13.7. The van der Waals surface area contributed by atoms with Gasteiger partial charge in [-0.25, -0.2) is 0 Å². The number of ether oxygens (including phenoxy) is 2. The number of aromatic hydroxyl groups is 1. The summed E-state index contributed by atoms with van der Waals surface area (Å²) >= 11 is 0. The zero-order valence-corrected chi connectivity index (χ0v) is 11.7. The predicted molar refractivity (Wildman–Crippen MR) is 75.3 cm³/mol. The molecule has 0 aromatic heterocycles. The summed E-state index contributed by atoms with van der Waals surface area (Å²) in [5, 5.41) is 12.7. The fourth-order valence-corrected chi connectivity index (χ4v) is 2.99. The summed E-state index contributed by atoms with van der Waals surface area (Å²) in [7, 11) is 1.59. The average Bonchev–Trinajstić information content (AvgIpc) is 2.73. The predicted octanol–water partition coefficient (Wildman–Crippen LogP) is 3.88. The standard InChI is InChI=1S/C16H18O3/c1-8(2)13-10-5-9(3)6-12-14(10)11(7-19-12)16(18-4)15(13)17/h5-6,8,17H,7H2,1-4H3. The normalized spacial score (nSPS) is 13.1. The molecule has 3 heteroatoms. The summed E-state index contributed by atoms with van der Waals surface area (Å²) in [6.07, 6.45) is 0. The SMILES string of the molecule is COc1c(O)c(C(C)C)c2cc(C)cc3c2c1CO3. The highest BCUT2D eigenvalue weighted by atomic mass is 16.5. The Balaban J connectivity index is 2.53. The second kappa shape index (κ2) is 4.05. The number of phenols is 1. The van der Waals surface area contributed by atoms with Crippen molar-refractivity contribution in [2.75, 3.05) is 7.11 Å². The Morgan fingerprint density at radius 2 is 2.05 bits per heavy atom. The van der Waals surface area contributed by atoms with Gasteiger partial charge in [0, 0.05) is 16.5 Å². The molecule has 0 saturated carbocycles. The maximum atomic E-state index is 10.5. The lowest BCUT2D eigenvalue weighted by molar-refractivity contribution is 0.312. The van der Waals surface area contributed by atoms with Gasteiger partial charge in [-0.15, -0.1) is 0 Å². The molecule has 1 N–H and O–H groups in total. The molecule has 1 heterocycles. The van der Waals surface area contributed by atoms with Crippen molar-refractivity contribution in [1.29, 1.82) is 0 Å². The molecule has 0 aliphatic carbocycles. The van der Waals surface area contributed by atoms with Crippen molar-refractivity contribution in [3.8, 4) is 17.2 Å². The summed E-state index contributed by atoms with van der Waals surface area (Å²) in [6, 6.07) is 4.16. The lowest BCUT2D eigenvalue weighted by atomic mass is 9.91. The van der Waals surface area contributed by atoms with E-state index in [0.29, 0.717) is 12.4 Å². The zero-order valence-electron chi connectivity index (χ0n) is 11.7. The quantitative estimate of drug-likeness (QED) is 0.888. The summed E-state index contributed by atoms with van der Waals surface area (Å²) in [5.74, 6) is 1.92. The Hall–Kier alpha value is -1.90. The van der Waals surface area contributed by atoms with Crippen molar-refractivity contribution in [1.82, 2.24) is 0 Å². The first-order valence-electron chi connectivity index (χ1n) is 6.53. The number of benzene rings is 2. The van der Waals surface area contributed by atoms with Gasteiger partial charge in [0.15, 0.2) is 11.5 Å². The molecule has 0 bridgehead atoms. The summed E-state index contributed by atoms with van der Waals surface area (Å²) in [5.41, 5.74) is 3.03. The van der Waals surface area contributed by atoms with Gasteiger partial charge in [0.05, 0.1) is 7.11 Å². The van der Waals surface area contributed by atoms with E-state index in [2.05, 4.69) is 19.9 Å². The maximum Gasteiger partial charge on any atom is 0.168 e. The molecule has 19 heavy (non-hydrogen) atoms. The van der Waals surface area contributed by atoms with Crippen LogP contribution in [0, 0.1) is 6.92 Å². The van der Waals surface area contributed by atoms with Crippen LogP contribution < -0.4 is 9.47 Å². The van der Waals surface area contributed by atoms with E-state index in [0.717, 1.165) is 33.2 Å². The van der Waals surface area contributed by atoms with Crippen molar-refractivity contribution in [3.63, 3.8) is 0 Å². The highest BCUT2D eigenvalue weighted by Gasteiger charge is 2.27. The third kappa shape index (κ3) is 1.57. The Labute approximate surface area is 112 Å². The number of methoxy groups -OCH3 is 1. The van der Waals surface area contributed by atoms with Crippen LogP contribution in [0.3, 0.4) is 0 Å². The van der Waals surface area contributed by atoms with Crippen LogP contribution in [0.5, 0.6) is 17.2 Å². The molecular weight excluding hydrogens is 240 g/mol. The molecule has 2 aromatic rings. The minimum absolute atomic E-state index is 0.221. The first-order valence-corrected chi connectivity index (χ1v) is 6.53. The summed E-state index contributed by atoms with van der Waals surface area (Å²) < 4.78 is 11.1. The molecule has 1 aliphatic rings. The van der Waals surface area contributed by atoms with Crippen molar-refractivity contribution in [3.05, 3.63) is 28.8 Å². The molecule has 0 fully saturated rings. The van der Waals surface area contributed by atoms with E-state index in [-0.39, 0.29) is 11.7 Å². The van der Waals surface area contributed by atoms with Gasteiger partial charge in [0.1, 0.15) is 12.4 Å². The highest BCUT2D eigenvalue weighted by Crippen LogP contribution is 2.49. The van der Waals surface area contributed by atoms with Crippen LogP contribution in [0.1, 0.15) is 36.5 Å². The molecule has 0 atom stereocenters. The van der Waals surface area contributed by atoms with Crippen LogP contribution in [0.25, 0.3) is 10.8 Å². The Kier molecular flexibility index (Phi) is 2.59. The molecule has 0 radical (unpaired) electrons. The molecule has 3 rings (SSSR count). The van der Waals surface area contributed by atoms with Crippen LogP contribution in [0.4, 0.5) is 0 Å². The molecule has 3 nitrogen and oxygen atoms in total. The van der Waals surface area contributed by atoms with Gasteiger partial charge in [-0.3, -0.25) is 0 Å². The van der Waals surface area contributed by atoms with E-state index in [1.165, 1.54) is 0 Å². The van der Waals surface area contributed by atoms with E-state index in [9.17, 15) is 5.11 Å². The number of hydrogen-bond donors (Lipinski definition) is 1. The topological polar surface area (TPSA) is 38.7 Å². The number of aryl methyl sites for hydroxylation is 1. The van der Waals surface area contributed by atoms with Gasteiger partial charge in [-0.2, -0.15) is 0 Å². The maximum absolute atomic E-state index is 10.5. The van der Waals surface area contributed by atoms with Crippen LogP contribution in [-0.2, 0) is 6.61 Å². The third-order valence-electron chi connectivity index (χ3n) is 3.74. The molecule has 100 valence electrons. The highest BCUT2D eigenvalue weighted by molar-refractivity contribution is 5.99. The third-order valence-corrected chi connectivity index (χ3v) is 3.74. The molecule has 0 unspecified atom stereocenters. The van der Waals surface area contributed by atoms with Gasteiger partial charge in [0.2, 0.25) is 0 Å². The molecule has 2 aromatic carbocycles. The second-order valence-corrected chi connectivity index (χ2v) is 5.40. The van der Waals surface area contributed by atoms with Crippen molar-refractivity contribution >= 4 is 10.8 Å². The van der Waals surface area contributed by atoms with Crippen molar-refractivity contribution < 1.29 is 14.6 Å². The van der Waals surface area contributed by atoms with Crippen LogP contribution >= 0.6 is 0 Å². The molecule has 1 aliphatic heterocycles. The van der Waals surface area contributed by atoms with Crippen LogP contribution in [0.15, 0.2) is 12.1 Å². The van der Waals surface area contributed by atoms with Crippen LogP contribution in [0.2, 0.25) is 0 Å². The fourth-order valence-electron chi connectivity index (χ4n) is 2.99. The smallest absolute Gasteiger partial charge is 0.168 e. The van der Waals surface area contributed by atoms with E-state index in [4.69, 9.17) is 9.47 Å². The molecule has 0 spiro atoms. The second-order valence-electron chi connectivity index (χ2n) is 5.40. The lowest BCUT2D eigenvalue weighted by Crippen LogP contribution is -1.98. The first kappa shape index (κ1) is 12.2. The molecule has 0 saturated heterocycles. The van der Waals surface area contributed by atoms with Gasteiger partial charge in [-0.05, 0) is 29.9 Å². The monoisotopic (exact) mass is 258 g/mol. The Morgan fingerprint density at radius 3 is 2.68 bits per heavy atom. The number of rotatable bonds is 2. The lowest BCUT2D eigenvalue weighted by Gasteiger charge is -2.17. The Bertz CT molecular complexity index is 672. The van der Waals surface area contributed by atoms with E-state index < -0.39 is 0 Å². The van der Waals surface area contributed by atoms with Gasteiger partial charge < -0.3 is 14.6 Å². The summed E-state index contributed by atoms with van der Waals surface area (Å²) in [6.45, 7) is 6.66. The van der Waals surface area contributed by atoms with Crippen molar-refractivity contribution in [2.24, 2.45) is 0 Å². The van der Waals surface area contributed by atoms with Gasteiger partial charge in [0.25, 0.3) is 0 Å². The van der Waals surface area contributed by atoms with Gasteiger partial charge >= 0.3 is 0 Å². The average molecular weight is 258 g/mol. The van der Waals surface area contributed by atoms with Crippen LogP contribution in [-0.4, -0.2) is 12.2 Å². The molecular formula is C16H18O3.